The van der Waals surface area contributed by atoms with E-state index in [2.05, 4.69) is 49.5 Å². The van der Waals surface area contributed by atoms with Crippen LogP contribution in [-0.2, 0) is 6.32 Å². The van der Waals surface area contributed by atoms with Gasteiger partial charge in [-0.25, -0.2) is 0 Å². The standard InChI is InChI=1S/C13H18BN/c1-4-13(10(2)15-3)12-7-5-6-11(8-12)9-14/h4-8,10,15H,9H2,1-3H3/b13-4+. The van der Waals surface area contributed by atoms with Crippen molar-refractivity contribution in [2.45, 2.75) is 26.2 Å². The zero-order chi connectivity index (χ0) is 11.3. The maximum absolute atomic E-state index is 5.63. The molecule has 0 amide bonds. The van der Waals surface area contributed by atoms with E-state index in [9.17, 15) is 0 Å². The average molecular weight is 199 g/mol. The van der Waals surface area contributed by atoms with Gasteiger partial charge in [0.25, 0.3) is 0 Å². The normalized spacial score (nSPS) is 13.9. The highest BCUT2D eigenvalue weighted by atomic mass is 14.9. The topological polar surface area (TPSA) is 12.0 Å². The fourth-order valence-electron chi connectivity index (χ4n) is 1.70. The molecule has 1 nitrogen and oxygen atoms in total. The first-order valence-corrected chi connectivity index (χ1v) is 5.35. The van der Waals surface area contributed by atoms with Crippen molar-refractivity contribution in [3.63, 3.8) is 0 Å². The molecule has 1 rings (SSSR count). The quantitative estimate of drug-likeness (QED) is 0.734. The predicted molar refractivity (Wildman–Crippen MR) is 68.1 cm³/mol. The van der Waals surface area contributed by atoms with E-state index in [4.69, 9.17) is 7.85 Å². The molecule has 0 spiro atoms. The fourth-order valence-corrected chi connectivity index (χ4v) is 1.70. The van der Waals surface area contributed by atoms with Crippen LogP contribution in [0.25, 0.3) is 5.57 Å². The third-order valence-electron chi connectivity index (χ3n) is 2.71. The molecule has 1 N–H and O–H groups in total. The second-order valence-electron chi connectivity index (χ2n) is 3.66. The summed E-state index contributed by atoms with van der Waals surface area (Å²) >= 11 is 0. The number of likely N-dealkylation sites (N-methyl/N-ethyl adjacent to an activating group) is 1. The second kappa shape index (κ2) is 5.77. The molecule has 0 fully saturated rings. The van der Waals surface area contributed by atoms with Crippen molar-refractivity contribution < 1.29 is 0 Å². The SMILES string of the molecule is [B]Cc1cccc(/C(=C/C)C(C)NC)c1. The summed E-state index contributed by atoms with van der Waals surface area (Å²) in [6.07, 6.45) is 2.75. The lowest BCUT2D eigenvalue weighted by atomic mass is 9.92. The van der Waals surface area contributed by atoms with Crippen molar-refractivity contribution in [3.05, 3.63) is 41.5 Å². The lowest BCUT2D eigenvalue weighted by Gasteiger charge is -2.16. The van der Waals surface area contributed by atoms with Gasteiger partial charge in [0.2, 0.25) is 0 Å². The van der Waals surface area contributed by atoms with E-state index in [1.807, 2.05) is 7.05 Å². The Morgan fingerprint density at radius 2 is 2.27 bits per heavy atom. The van der Waals surface area contributed by atoms with Gasteiger partial charge in [-0.05, 0) is 32.0 Å². The Kier molecular flexibility index (Phi) is 4.63. The molecule has 0 saturated carbocycles. The van der Waals surface area contributed by atoms with Crippen LogP contribution in [0.1, 0.15) is 25.0 Å². The van der Waals surface area contributed by atoms with Crippen LogP contribution < -0.4 is 5.32 Å². The van der Waals surface area contributed by atoms with Gasteiger partial charge in [-0.3, -0.25) is 0 Å². The van der Waals surface area contributed by atoms with Crippen LogP contribution in [0.4, 0.5) is 0 Å². The Hall–Kier alpha value is -1.02. The van der Waals surface area contributed by atoms with Crippen LogP contribution in [0, 0.1) is 0 Å². The molecule has 0 aliphatic carbocycles. The van der Waals surface area contributed by atoms with E-state index >= 15 is 0 Å². The monoisotopic (exact) mass is 199 g/mol. The highest BCUT2D eigenvalue weighted by Gasteiger charge is 2.07. The van der Waals surface area contributed by atoms with Crippen LogP contribution >= 0.6 is 0 Å². The highest BCUT2D eigenvalue weighted by molar-refractivity contribution is 6.08. The summed E-state index contributed by atoms with van der Waals surface area (Å²) in [5.74, 6) is 0. The molecule has 2 heteroatoms. The number of hydrogen-bond donors (Lipinski definition) is 1. The Balaban J connectivity index is 3.02. The summed E-state index contributed by atoms with van der Waals surface area (Å²) in [6, 6.07) is 8.76. The predicted octanol–water partition coefficient (Wildman–Crippen LogP) is 2.37. The minimum absolute atomic E-state index is 0.364. The van der Waals surface area contributed by atoms with E-state index in [1.54, 1.807) is 0 Å². The van der Waals surface area contributed by atoms with Gasteiger partial charge < -0.3 is 5.32 Å². The maximum atomic E-state index is 5.63. The molecule has 2 radical (unpaired) electrons. The zero-order valence-corrected chi connectivity index (χ0v) is 9.75. The number of benzene rings is 1. The molecule has 1 atom stereocenters. The third-order valence-corrected chi connectivity index (χ3v) is 2.71. The Morgan fingerprint density at radius 3 is 2.80 bits per heavy atom. The lowest BCUT2D eigenvalue weighted by molar-refractivity contribution is 0.744. The van der Waals surface area contributed by atoms with Crippen molar-refractivity contribution in [2.24, 2.45) is 0 Å². The van der Waals surface area contributed by atoms with Crippen LogP contribution in [0.15, 0.2) is 30.3 Å². The van der Waals surface area contributed by atoms with Gasteiger partial charge in [0.05, 0.1) is 7.85 Å². The summed E-state index contributed by atoms with van der Waals surface area (Å²) in [7, 11) is 7.61. The van der Waals surface area contributed by atoms with Crippen LogP contribution in [-0.4, -0.2) is 20.9 Å². The van der Waals surface area contributed by atoms with Crippen LogP contribution in [0.5, 0.6) is 0 Å². The number of hydrogen-bond acceptors (Lipinski definition) is 1. The largest absolute Gasteiger partial charge is 0.313 e. The van der Waals surface area contributed by atoms with Crippen molar-refractivity contribution in [1.29, 1.82) is 0 Å². The minimum Gasteiger partial charge on any atom is -0.313 e. The van der Waals surface area contributed by atoms with E-state index < -0.39 is 0 Å². The van der Waals surface area contributed by atoms with Crippen molar-refractivity contribution in [1.82, 2.24) is 5.32 Å². The molecular weight excluding hydrogens is 181 g/mol. The Labute approximate surface area is 94.0 Å². The van der Waals surface area contributed by atoms with Gasteiger partial charge in [-0.2, -0.15) is 0 Å². The van der Waals surface area contributed by atoms with Gasteiger partial charge in [0.1, 0.15) is 0 Å². The number of nitrogens with one attached hydrogen (secondary N) is 1. The maximum Gasteiger partial charge on any atom is 0.0716 e. The Morgan fingerprint density at radius 1 is 1.53 bits per heavy atom. The summed E-state index contributed by atoms with van der Waals surface area (Å²) in [6.45, 7) is 4.22. The average Bonchev–Trinajstić information content (AvgIpc) is 2.30. The molecule has 0 saturated heterocycles. The summed E-state index contributed by atoms with van der Waals surface area (Å²) in [5, 5.41) is 3.25. The van der Waals surface area contributed by atoms with Gasteiger partial charge in [0.15, 0.2) is 0 Å². The van der Waals surface area contributed by atoms with Crippen molar-refractivity contribution >= 4 is 13.4 Å². The fraction of sp³-hybridized carbons (Fsp3) is 0.385. The van der Waals surface area contributed by atoms with Crippen LogP contribution in [0.2, 0.25) is 0 Å². The first-order valence-electron chi connectivity index (χ1n) is 5.35. The minimum atomic E-state index is 0.364. The number of allylic oxidation sites excluding steroid dienone is 1. The van der Waals surface area contributed by atoms with E-state index in [-0.39, 0.29) is 0 Å². The summed E-state index contributed by atoms with van der Waals surface area (Å²) in [4.78, 5) is 0. The molecule has 0 aliphatic rings. The molecule has 15 heavy (non-hydrogen) atoms. The lowest BCUT2D eigenvalue weighted by Crippen LogP contribution is -2.22. The van der Waals surface area contributed by atoms with Gasteiger partial charge in [-0.15, -0.1) is 0 Å². The summed E-state index contributed by atoms with van der Waals surface area (Å²) < 4.78 is 0. The van der Waals surface area contributed by atoms with Crippen molar-refractivity contribution in [2.75, 3.05) is 7.05 Å². The van der Waals surface area contributed by atoms with Gasteiger partial charge in [-0.1, -0.05) is 42.2 Å². The molecule has 78 valence electrons. The molecule has 1 aromatic carbocycles. The first-order chi connectivity index (χ1) is 7.22. The van der Waals surface area contributed by atoms with Gasteiger partial charge >= 0.3 is 0 Å². The Bertz CT molecular complexity index is 344. The molecule has 1 unspecified atom stereocenters. The highest BCUT2D eigenvalue weighted by Crippen LogP contribution is 2.19. The smallest absolute Gasteiger partial charge is 0.0716 e. The molecular formula is C13H18BN. The zero-order valence-electron chi connectivity index (χ0n) is 9.75. The second-order valence-corrected chi connectivity index (χ2v) is 3.66. The van der Waals surface area contributed by atoms with E-state index in [0.717, 1.165) is 0 Å². The van der Waals surface area contributed by atoms with Crippen molar-refractivity contribution in [3.8, 4) is 0 Å². The molecule has 0 bridgehead atoms. The molecule has 0 aromatic heterocycles. The summed E-state index contributed by atoms with van der Waals surface area (Å²) in [5.41, 5.74) is 3.74. The number of rotatable bonds is 4. The van der Waals surface area contributed by atoms with Crippen LogP contribution in [0.3, 0.4) is 0 Å². The first kappa shape index (κ1) is 12.1. The molecule has 0 aliphatic heterocycles. The van der Waals surface area contributed by atoms with E-state index in [0.29, 0.717) is 12.4 Å². The molecule has 0 heterocycles. The molecule has 1 aromatic rings. The van der Waals surface area contributed by atoms with E-state index in [1.165, 1.54) is 16.7 Å². The third kappa shape index (κ3) is 2.97. The van der Waals surface area contributed by atoms with Gasteiger partial charge in [0, 0.05) is 6.04 Å².